The van der Waals surface area contributed by atoms with Crippen LogP contribution in [0.5, 0.6) is 0 Å². The minimum absolute atomic E-state index is 0.118. The van der Waals surface area contributed by atoms with Gasteiger partial charge >= 0.3 is 17.9 Å². The molecule has 0 rings (SSSR count). The fourth-order valence-electron chi connectivity index (χ4n) is 7.03. The van der Waals surface area contributed by atoms with Gasteiger partial charge in [-0.3, -0.25) is 14.4 Å². The lowest BCUT2D eigenvalue weighted by Gasteiger charge is -2.18. The van der Waals surface area contributed by atoms with Crippen LogP contribution in [0.1, 0.15) is 226 Å². The van der Waals surface area contributed by atoms with E-state index in [0.29, 0.717) is 19.3 Å². The molecule has 0 aromatic rings. The second-order valence-corrected chi connectivity index (χ2v) is 17.7. The van der Waals surface area contributed by atoms with E-state index in [1.54, 1.807) is 0 Å². The summed E-state index contributed by atoms with van der Waals surface area (Å²) in [4.78, 5) is 38.1. The molecule has 0 aromatic heterocycles. The molecule has 1 atom stereocenters. The zero-order chi connectivity index (χ0) is 50.0. The average Bonchev–Trinajstić information content (AvgIpc) is 3.35. The number of rotatable bonds is 48. The molecule has 0 saturated carbocycles. The number of hydrogen-bond donors (Lipinski definition) is 0. The van der Waals surface area contributed by atoms with Crippen molar-refractivity contribution in [2.75, 3.05) is 13.2 Å². The lowest BCUT2D eigenvalue weighted by molar-refractivity contribution is -0.167. The van der Waals surface area contributed by atoms with Crippen LogP contribution in [0, 0.1) is 0 Å². The quantitative estimate of drug-likeness (QED) is 0.0262. The topological polar surface area (TPSA) is 78.9 Å². The fourth-order valence-corrected chi connectivity index (χ4v) is 7.03. The second kappa shape index (κ2) is 56.1. The standard InChI is InChI=1S/C63H100O6/c1-4-7-10-13-16-19-22-25-28-30-31-33-35-38-41-44-47-50-53-56-62(65)68-59-60(58-67-61(64)55-52-49-46-43-40-37-34-27-24-21-18-15-12-9-6-3)69-63(66)57-54-51-48-45-42-39-36-32-29-26-23-20-17-14-11-8-5-2/h7-8,10-11,16-17,19-21,24-26,28-29,31,33,36,38-39,41,45,48,60H,4-6,9,12-15,18,22-23,27,30,32,34-35,37,40,42-44,46-47,49-59H2,1-3H3/b10-7+,11-8+,19-16+,20-17+,24-21+,28-25+,29-26+,33-31+,39-36+,41-38+,48-45+/t60-/m1/s1. The lowest BCUT2D eigenvalue weighted by Crippen LogP contribution is -2.30. The van der Waals surface area contributed by atoms with Crippen molar-refractivity contribution in [3.8, 4) is 0 Å². The van der Waals surface area contributed by atoms with Crippen LogP contribution in [-0.4, -0.2) is 37.2 Å². The van der Waals surface area contributed by atoms with Crippen LogP contribution in [0.15, 0.2) is 134 Å². The van der Waals surface area contributed by atoms with Gasteiger partial charge in [-0.1, -0.05) is 212 Å². The molecule has 0 fully saturated rings. The van der Waals surface area contributed by atoms with Crippen molar-refractivity contribution >= 4 is 17.9 Å². The number of carbonyl (C=O) groups is 3. The van der Waals surface area contributed by atoms with E-state index in [9.17, 15) is 14.4 Å². The third-order valence-corrected chi connectivity index (χ3v) is 11.1. The summed E-state index contributed by atoms with van der Waals surface area (Å²) in [6, 6.07) is 0. The number of ether oxygens (including phenoxy) is 3. The van der Waals surface area contributed by atoms with Crippen LogP contribution in [0.25, 0.3) is 0 Å². The lowest BCUT2D eigenvalue weighted by atomic mass is 10.1. The Labute approximate surface area is 424 Å². The summed E-state index contributed by atoms with van der Waals surface area (Å²) in [5.41, 5.74) is 0. The first-order chi connectivity index (χ1) is 34.0. The molecule has 0 aliphatic rings. The van der Waals surface area contributed by atoms with Crippen molar-refractivity contribution in [3.05, 3.63) is 134 Å². The summed E-state index contributed by atoms with van der Waals surface area (Å²) < 4.78 is 16.8. The molecule has 69 heavy (non-hydrogen) atoms. The Kier molecular flexibility index (Phi) is 52.5. The summed E-state index contributed by atoms with van der Waals surface area (Å²) in [5, 5.41) is 0. The van der Waals surface area contributed by atoms with Crippen LogP contribution < -0.4 is 0 Å². The van der Waals surface area contributed by atoms with Gasteiger partial charge in [-0.05, 0) is 128 Å². The fraction of sp³-hybridized carbons (Fsp3) is 0.603. The SMILES string of the molecule is CC/C=C/C/C=C/C/C=C/C/C=C/C/C=C/CCCCCC(=O)OC[C@@H](COC(=O)CCCCCCCCC/C=C/CCCCCC)OC(=O)CCC/C=C/C/C=C/C/C=C/C/C=C/C/C=C/CC. The van der Waals surface area contributed by atoms with Crippen molar-refractivity contribution < 1.29 is 28.6 Å². The molecule has 0 amide bonds. The van der Waals surface area contributed by atoms with Crippen molar-refractivity contribution in [1.29, 1.82) is 0 Å². The zero-order valence-electron chi connectivity index (χ0n) is 44.3. The van der Waals surface area contributed by atoms with Gasteiger partial charge in [0.2, 0.25) is 0 Å². The predicted molar refractivity (Wildman–Crippen MR) is 297 cm³/mol. The van der Waals surface area contributed by atoms with Crippen molar-refractivity contribution in [2.24, 2.45) is 0 Å². The molecule has 0 saturated heterocycles. The molecule has 6 nitrogen and oxygen atoms in total. The summed E-state index contributed by atoms with van der Waals surface area (Å²) in [6.07, 6.45) is 78.7. The van der Waals surface area contributed by atoms with Crippen LogP contribution >= 0.6 is 0 Å². The number of unbranched alkanes of at least 4 members (excludes halogenated alkanes) is 15. The van der Waals surface area contributed by atoms with E-state index in [-0.39, 0.29) is 37.5 Å². The van der Waals surface area contributed by atoms with E-state index in [0.717, 1.165) is 116 Å². The van der Waals surface area contributed by atoms with Gasteiger partial charge in [0, 0.05) is 19.3 Å². The van der Waals surface area contributed by atoms with Gasteiger partial charge in [0.1, 0.15) is 13.2 Å². The Morgan fingerprint density at radius 2 is 0.580 bits per heavy atom. The molecule has 0 bridgehead atoms. The third-order valence-electron chi connectivity index (χ3n) is 11.1. The first kappa shape index (κ1) is 64.5. The highest BCUT2D eigenvalue weighted by Crippen LogP contribution is 2.13. The molecule has 0 radical (unpaired) electrons. The summed E-state index contributed by atoms with van der Waals surface area (Å²) in [7, 11) is 0. The highest BCUT2D eigenvalue weighted by molar-refractivity contribution is 5.71. The summed E-state index contributed by atoms with van der Waals surface area (Å²) in [6.45, 7) is 6.31. The van der Waals surface area contributed by atoms with Crippen LogP contribution in [0.3, 0.4) is 0 Å². The van der Waals surface area contributed by atoms with E-state index >= 15 is 0 Å². The molecular formula is C63H100O6. The Hall–Kier alpha value is -4.45. The average molecular weight is 953 g/mol. The molecule has 6 heteroatoms. The monoisotopic (exact) mass is 953 g/mol. The van der Waals surface area contributed by atoms with Crippen LogP contribution in [0.4, 0.5) is 0 Å². The van der Waals surface area contributed by atoms with Gasteiger partial charge in [-0.25, -0.2) is 0 Å². The number of allylic oxidation sites excluding steroid dienone is 22. The maximum Gasteiger partial charge on any atom is 0.306 e. The molecule has 0 aliphatic heterocycles. The molecular weight excluding hydrogens is 853 g/mol. The van der Waals surface area contributed by atoms with Crippen molar-refractivity contribution in [3.63, 3.8) is 0 Å². The Balaban J connectivity index is 4.57. The second-order valence-electron chi connectivity index (χ2n) is 17.7. The number of carbonyl (C=O) groups excluding carboxylic acids is 3. The Morgan fingerprint density at radius 3 is 0.957 bits per heavy atom. The Bertz CT molecular complexity index is 1510. The van der Waals surface area contributed by atoms with Crippen LogP contribution in [-0.2, 0) is 28.6 Å². The van der Waals surface area contributed by atoms with Gasteiger partial charge in [0.15, 0.2) is 6.10 Å². The highest BCUT2D eigenvalue weighted by Gasteiger charge is 2.19. The summed E-state index contributed by atoms with van der Waals surface area (Å²) >= 11 is 0. The van der Waals surface area contributed by atoms with Gasteiger partial charge in [-0.15, -0.1) is 0 Å². The largest absolute Gasteiger partial charge is 0.462 e. The zero-order valence-corrected chi connectivity index (χ0v) is 44.3. The Morgan fingerprint density at radius 1 is 0.304 bits per heavy atom. The first-order valence-electron chi connectivity index (χ1n) is 27.7. The van der Waals surface area contributed by atoms with Crippen molar-refractivity contribution in [2.45, 2.75) is 232 Å². The van der Waals surface area contributed by atoms with E-state index in [2.05, 4.69) is 154 Å². The number of esters is 3. The molecule has 388 valence electrons. The van der Waals surface area contributed by atoms with Crippen LogP contribution in [0.2, 0.25) is 0 Å². The maximum atomic E-state index is 12.8. The smallest absolute Gasteiger partial charge is 0.306 e. The molecule has 0 heterocycles. The van der Waals surface area contributed by atoms with Gasteiger partial charge in [-0.2, -0.15) is 0 Å². The van der Waals surface area contributed by atoms with E-state index < -0.39 is 6.10 Å². The molecule has 0 aliphatic carbocycles. The van der Waals surface area contributed by atoms with Gasteiger partial charge < -0.3 is 14.2 Å². The van der Waals surface area contributed by atoms with E-state index in [4.69, 9.17) is 14.2 Å². The molecule has 0 unspecified atom stereocenters. The molecule has 0 N–H and O–H groups in total. The minimum Gasteiger partial charge on any atom is -0.462 e. The van der Waals surface area contributed by atoms with E-state index in [1.807, 2.05) is 0 Å². The molecule has 0 aromatic carbocycles. The van der Waals surface area contributed by atoms with Gasteiger partial charge in [0.25, 0.3) is 0 Å². The number of hydrogen-bond acceptors (Lipinski definition) is 6. The predicted octanol–water partition coefficient (Wildman–Crippen LogP) is 18.6. The van der Waals surface area contributed by atoms with E-state index in [1.165, 1.54) is 64.2 Å². The normalized spacial score (nSPS) is 13.1. The van der Waals surface area contributed by atoms with Crippen molar-refractivity contribution in [1.82, 2.24) is 0 Å². The summed E-state index contributed by atoms with van der Waals surface area (Å²) in [5.74, 6) is -1.02. The third kappa shape index (κ3) is 54.4. The maximum absolute atomic E-state index is 12.8. The molecule has 0 spiro atoms. The highest BCUT2D eigenvalue weighted by atomic mass is 16.6. The first-order valence-corrected chi connectivity index (χ1v) is 27.7. The minimum atomic E-state index is -0.828. The van der Waals surface area contributed by atoms with Gasteiger partial charge in [0.05, 0.1) is 0 Å².